The molecule has 3 fully saturated rings. The van der Waals surface area contributed by atoms with Crippen LogP contribution in [-0.4, -0.2) is 94.3 Å². The number of para-hydroxylation sites is 2. The van der Waals surface area contributed by atoms with Crippen LogP contribution in [0.25, 0.3) is 11.1 Å². The monoisotopic (exact) mass is 787 g/mol. The highest BCUT2D eigenvalue weighted by Gasteiger charge is 2.33. The zero-order valence-corrected chi connectivity index (χ0v) is 34.3. The lowest BCUT2D eigenvalue weighted by atomic mass is 9.83. The second-order valence-electron chi connectivity index (χ2n) is 14.7. The second-order valence-corrected chi connectivity index (χ2v) is 15.4. The van der Waals surface area contributed by atoms with Crippen molar-refractivity contribution < 1.29 is 23.8 Å². The topological polar surface area (TPSA) is 154 Å². The van der Waals surface area contributed by atoms with Crippen LogP contribution in [0.2, 0.25) is 5.02 Å². The number of halogens is 1. The molecular formula is C40H62ClN7O5S. The maximum atomic E-state index is 13.3. The molecule has 3 aromatic rings. The lowest BCUT2D eigenvalue weighted by Crippen LogP contribution is -2.48. The van der Waals surface area contributed by atoms with E-state index >= 15 is 0 Å². The predicted octanol–water partition coefficient (Wildman–Crippen LogP) is 6.76. The highest BCUT2D eigenvalue weighted by molar-refractivity contribution is 7.78. The zero-order valence-electron chi connectivity index (χ0n) is 32.7. The molecule has 3 unspecified atom stereocenters. The highest BCUT2D eigenvalue weighted by Crippen LogP contribution is 2.29. The minimum Gasteiger partial charge on any atom is -0.472 e. The third-order valence-corrected chi connectivity index (χ3v) is 8.92. The molecule has 300 valence electrons. The minimum atomic E-state index is -0.517. The van der Waals surface area contributed by atoms with E-state index in [1.807, 2.05) is 24.3 Å². The van der Waals surface area contributed by atoms with Crippen LogP contribution in [0.3, 0.4) is 0 Å². The van der Waals surface area contributed by atoms with Crippen LogP contribution in [0, 0.1) is 11.8 Å². The van der Waals surface area contributed by atoms with Gasteiger partial charge < -0.3 is 40.4 Å². The summed E-state index contributed by atoms with van der Waals surface area (Å²) < 4.78 is 11.7. The summed E-state index contributed by atoms with van der Waals surface area (Å²) in [5.41, 5.74) is 2.83. The molecule has 3 atom stereocenters. The second kappa shape index (κ2) is 24.8. The largest absolute Gasteiger partial charge is 0.472 e. The number of nitrogens with zero attached hydrogens (tertiary/aromatic N) is 3. The molecule has 6 rings (SSSR count). The number of amides is 2. The average molecular weight is 788 g/mol. The third-order valence-electron chi connectivity index (χ3n) is 8.53. The van der Waals surface area contributed by atoms with Crippen molar-refractivity contribution in [2.24, 2.45) is 11.8 Å². The van der Waals surface area contributed by atoms with Crippen LogP contribution < -0.4 is 26.0 Å². The van der Waals surface area contributed by atoms with Crippen molar-refractivity contribution in [1.29, 1.82) is 0 Å². The van der Waals surface area contributed by atoms with E-state index in [4.69, 9.17) is 20.8 Å². The average Bonchev–Trinajstić information content (AvgIpc) is 3.72. The number of pyridine rings is 1. The Balaban J connectivity index is 0.000000361. The number of carbonyl (C=O) groups excluding carboxylic acids is 2. The Morgan fingerprint density at radius 3 is 2.39 bits per heavy atom. The summed E-state index contributed by atoms with van der Waals surface area (Å²) in [6, 6.07) is 11.4. The molecule has 2 aromatic heterocycles. The standard InChI is InChI=1S/C26H30ClN5O4.C7H14N2OS.C4H10.C3H8/c27-18-10-11-22(28-14-18)35-19-12-13-32(16-19)23(33)15-29-25(34)24(17-6-2-1-3-7-17)31-26-30-20-8-4-5-9-21(20)36-26;10-7(3-8-5-11)4-9-6-1-2-6;1-4(2)3;1-3-2/h4-5,8-11,14,17,19,24H,1-3,6-7,12-13,15-16H2,(H,29,34)(H,30,31);5-7,9-10H,1-4H2,(H,8,11);4H,1-3H3;3H2,1-2H3. The van der Waals surface area contributed by atoms with Crippen molar-refractivity contribution in [2.75, 3.05) is 38.0 Å². The summed E-state index contributed by atoms with van der Waals surface area (Å²) in [7, 11) is 0. The Labute approximate surface area is 331 Å². The number of hydrogen-bond donors (Lipinski definition) is 5. The van der Waals surface area contributed by atoms with Crippen molar-refractivity contribution in [3.63, 3.8) is 0 Å². The van der Waals surface area contributed by atoms with Crippen molar-refractivity contribution in [2.45, 2.75) is 117 Å². The van der Waals surface area contributed by atoms with Crippen molar-refractivity contribution in [1.82, 2.24) is 30.8 Å². The van der Waals surface area contributed by atoms with Crippen LogP contribution in [0.15, 0.2) is 47.0 Å². The number of ether oxygens (including phenoxy) is 1. The molecule has 1 aliphatic heterocycles. The van der Waals surface area contributed by atoms with Crippen LogP contribution in [-0.2, 0) is 9.59 Å². The molecule has 2 saturated carbocycles. The van der Waals surface area contributed by atoms with Gasteiger partial charge in [-0.25, -0.2) is 4.98 Å². The number of aromatic nitrogens is 2. The zero-order chi connectivity index (χ0) is 39.3. The van der Waals surface area contributed by atoms with Gasteiger partial charge in [0.05, 0.1) is 29.7 Å². The van der Waals surface area contributed by atoms with Crippen LogP contribution >= 0.6 is 23.8 Å². The number of anilines is 1. The molecule has 3 heterocycles. The van der Waals surface area contributed by atoms with Gasteiger partial charge in [-0.15, -0.1) is 0 Å². The third kappa shape index (κ3) is 17.3. The fourth-order valence-corrected chi connectivity index (χ4v) is 6.02. The maximum Gasteiger partial charge on any atom is 0.296 e. The Bertz CT molecular complexity index is 1480. The molecule has 0 radical (unpaired) electrons. The molecule has 1 aromatic carbocycles. The number of carbonyl (C=O) groups is 2. The lowest BCUT2D eigenvalue weighted by molar-refractivity contribution is -0.132. The normalized spacial score (nSPS) is 17.8. The molecule has 2 amide bonds. The smallest absolute Gasteiger partial charge is 0.296 e. The lowest BCUT2D eigenvalue weighted by Gasteiger charge is -2.29. The first-order valence-electron chi connectivity index (χ1n) is 19.6. The molecule has 12 nitrogen and oxygen atoms in total. The van der Waals surface area contributed by atoms with E-state index in [-0.39, 0.29) is 36.5 Å². The van der Waals surface area contributed by atoms with Gasteiger partial charge in [0.25, 0.3) is 6.01 Å². The number of benzene rings is 1. The van der Waals surface area contributed by atoms with Gasteiger partial charge in [-0.05, 0) is 55.7 Å². The summed E-state index contributed by atoms with van der Waals surface area (Å²) in [6.45, 7) is 12.9. The Hall–Kier alpha value is -3.52. The van der Waals surface area contributed by atoms with Crippen molar-refractivity contribution in [3.8, 4) is 5.88 Å². The fraction of sp³-hybridized carbons (Fsp3) is 0.625. The first-order chi connectivity index (χ1) is 26.0. The van der Waals surface area contributed by atoms with Gasteiger partial charge >= 0.3 is 0 Å². The molecule has 0 spiro atoms. The van der Waals surface area contributed by atoms with Gasteiger partial charge in [0.2, 0.25) is 17.7 Å². The Kier molecular flexibility index (Phi) is 20.6. The number of nitrogens with one attached hydrogen (secondary N) is 4. The molecule has 14 heteroatoms. The van der Waals surface area contributed by atoms with E-state index in [0.29, 0.717) is 61.1 Å². The summed E-state index contributed by atoms with van der Waals surface area (Å²) in [5, 5.41) is 21.9. The first-order valence-corrected chi connectivity index (χ1v) is 20.4. The van der Waals surface area contributed by atoms with Gasteiger partial charge in [-0.1, -0.05) is 96.3 Å². The summed E-state index contributed by atoms with van der Waals surface area (Å²) in [5.74, 6) is 1.12. The molecular weight excluding hydrogens is 726 g/mol. The van der Waals surface area contributed by atoms with E-state index < -0.39 is 6.04 Å². The van der Waals surface area contributed by atoms with E-state index in [0.717, 1.165) is 37.1 Å². The number of rotatable bonds is 14. The van der Waals surface area contributed by atoms with Gasteiger partial charge in [-0.2, -0.15) is 4.98 Å². The molecule has 2 aliphatic carbocycles. The van der Waals surface area contributed by atoms with Crippen LogP contribution in [0.1, 0.15) is 92.4 Å². The van der Waals surface area contributed by atoms with E-state index in [9.17, 15) is 14.7 Å². The number of oxazole rings is 1. The number of aliphatic hydroxyl groups excluding tert-OH is 1. The molecule has 1 saturated heterocycles. The minimum absolute atomic E-state index is 0.0663. The number of aliphatic hydroxyl groups is 1. The van der Waals surface area contributed by atoms with E-state index in [2.05, 4.69) is 78.1 Å². The maximum absolute atomic E-state index is 13.3. The Morgan fingerprint density at radius 1 is 1.06 bits per heavy atom. The number of likely N-dealkylation sites (tertiary alicyclic amines) is 1. The summed E-state index contributed by atoms with van der Waals surface area (Å²) >= 11 is 10.4. The van der Waals surface area contributed by atoms with E-state index in [1.165, 1.54) is 37.4 Å². The molecule has 0 bridgehead atoms. The molecule has 3 aliphatic rings. The number of fused-ring (bicyclic) bond motifs is 1. The number of hydrogen-bond acceptors (Lipinski definition) is 10. The van der Waals surface area contributed by atoms with E-state index in [1.54, 1.807) is 17.0 Å². The van der Waals surface area contributed by atoms with Crippen molar-refractivity contribution >= 4 is 58.2 Å². The number of thiocarbonyl (C=S) groups is 1. The SMILES string of the molecule is CC(C)C.CCC.O=C(NCC(=O)N1CCC(Oc2ccc(Cl)cn2)C1)C(Nc1nc2ccccc2o1)C1CCCCC1.OC(CNC=S)CNC1CC1. The van der Waals surface area contributed by atoms with Crippen molar-refractivity contribution in [3.05, 3.63) is 47.6 Å². The van der Waals surface area contributed by atoms with Crippen LogP contribution in [0.4, 0.5) is 6.01 Å². The summed E-state index contributed by atoms with van der Waals surface area (Å²) in [4.78, 5) is 36.4. The summed E-state index contributed by atoms with van der Waals surface area (Å²) in [6.07, 6.45) is 10.8. The van der Waals surface area contributed by atoms with Gasteiger partial charge in [-0.3, -0.25) is 9.59 Å². The highest BCUT2D eigenvalue weighted by atomic mass is 35.5. The van der Waals surface area contributed by atoms with Gasteiger partial charge in [0.1, 0.15) is 17.7 Å². The quantitative estimate of drug-likeness (QED) is 0.110. The molecule has 54 heavy (non-hydrogen) atoms. The van der Waals surface area contributed by atoms with Crippen LogP contribution in [0.5, 0.6) is 5.88 Å². The first kappa shape index (κ1) is 44.9. The fourth-order valence-electron chi connectivity index (χ4n) is 5.82. The molecule has 5 N–H and O–H groups in total. The van der Waals surface area contributed by atoms with Gasteiger partial charge in [0, 0.05) is 44.4 Å². The Morgan fingerprint density at radius 2 is 1.76 bits per heavy atom. The predicted molar refractivity (Wildman–Crippen MR) is 221 cm³/mol. The van der Waals surface area contributed by atoms with Gasteiger partial charge in [0.15, 0.2) is 5.58 Å².